The summed E-state index contributed by atoms with van der Waals surface area (Å²) in [6.45, 7) is 4.49. The fourth-order valence-electron chi connectivity index (χ4n) is 3.59. The van der Waals surface area contributed by atoms with E-state index in [0.717, 1.165) is 15.6 Å². The van der Waals surface area contributed by atoms with E-state index < -0.39 is 11.2 Å². The summed E-state index contributed by atoms with van der Waals surface area (Å²) in [4.78, 5) is 45.5. The molecule has 1 amide bonds. The molecule has 0 radical (unpaired) electrons. The van der Waals surface area contributed by atoms with Gasteiger partial charge in [0.1, 0.15) is 0 Å². The Labute approximate surface area is 176 Å². The predicted molar refractivity (Wildman–Crippen MR) is 116 cm³/mol. The molecule has 1 N–H and O–H groups in total. The third-order valence-electron chi connectivity index (χ3n) is 5.23. The molecule has 11 heteroatoms. The number of hydrogen-bond acceptors (Lipinski definition) is 6. The largest absolute Gasteiger partial charge is 0.332 e. The number of nitrogens with one attached hydrogen (secondary N) is 1. The van der Waals surface area contributed by atoms with Gasteiger partial charge in [-0.2, -0.15) is 5.10 Å². The van der Waals surface area contributed by atoms with Gasteiger partial charge in [0, 0.05) is 38.5 Å². The Balaban J connectivity index is 1.43. The van der Waals surface area contributed by atoms with Gasteiger partial charge in [-0.3, -0.25) is 18.7 Å². The number of nitrogens with zero attached hydrogens (tertiary/aromatic N) is 7. The second kappa shape index (κ2) is 7.82. The van der Waals surface area contributed by atoms with Crippen LogP contribution in [0, 0.1) is 0 Å². The lowest BCUT2D eigenvalue weighted by Gasteiger charge is -2.08. The zero-order valence-corrected chi connectivity index (χ0v) is 17.9. The average molecular weight is 424 g/mol. The van der Waals surface area contributed by atoms with Crippen molar-refractivity contribution < 1.29 is 4.79 Å². The number of carbonyl (C=O) groups excluding carboxylic acids is 1. The summed E-state index contributed by atoms with van der Waals surface area (Å²) in [6, 6.07) is 2.05. The first kappa shape index (κ1) is 20.5. The van der Waals surface area contributed by atoms with Crippen molar-refractivity contribution >= 4 is 33.8 Å². The van der Waals surface area contributed by atoms with Crippen LogP contribution in [-0.4, -0.2) is 39.4 Å². The van der Waals surface area contributed by atoms with Crippen LogP contribution in [0.3, 0.4) is 0 Å². The Morgan fingerprint density at radius 2 is 1.87 bits per heavy atom. The molecule has 4 aromatic heterocycles. The molecular formula is C20H24N8O3. The number of aryl methyl sites for hydroxylation is 2. The van der Waals surface area contributed by atoms with Crippen molar-refractivity contribution in [3.05, 3.63) is 45.6 Å². The van der Waals surface area contributed by atoms with E-state index in [1.807, 2.05) is 24.6 Å². The van der Waals surface area contributed by atoms with Crippen LogP contribution in [0.2, 0.25) is 0 Å². The fourth-order valence-corrected chi connectivity index (χ4v) is 3.59. The van der Waals surface area contributed by atoms with E-state index in [1.165, 1.54) is 17.9 Å². The molecule has 0 saturated heterocycles. The molecule has 0 atom stereocenters. The van der Waals surface area contributed by atoms with Crippen molar-refractivity contribution in [3.63, 3.8) is 0 Å². The number of imidazole rings is 1. The quantitative estimate of drug-likeness (QED) is 0.496. The summed E-state index contributed by atoms with van der Waals surface area (Å²) < 4.78 is 5.90. The minimum atomic E-state index is -0.424. The van der Waals surface area contributed by atoms with Crippen molar-refractivity contribution in [2.75, 3.05) is 5.32 Å². The van der Waals surface area contributed by atoms with E-state index in [9.17, 15) is 14.4 Å². The van der Waals surface area contributed by atoms with E-state index >= 15 is 0 Å². The van der Waals surface area contributed by atoms with Crippen molar-refractivity contribution in [3.8, 4) is 0 Å². The molecule has 4 heterocycles. The topological polar surface area (TPSA) is 122 Å². The van der Waals surface area contributed by atoms with Crippen LogP contribution in [0.1, 0.15) is 32.7 Å². The maximum atomic E-state index is 12.5. The molecule has 4 aromatic rings. The lowest BCUT2D eigenvalue weighted by molar-refractivity contribution is -0.116. The highest BCUT2D eigenvalue weighted by molar-refractivity contribution is 5.92. The lowest BCUT2D eigenvalue weighted by atomic mass is 10.2. The van der Waals surface area contributed by atoms with Gasteiger partial charge in [-0.15, -0.1) is 0 Å². The van der Waals surface area contributed by atoms with E-state index in [0.29, 0.717) is 29.8 Å². The standard InChI is InChI=1S/C20H24N8O3/c1-12(2)28-17-13(9-23-28)8-14(10-21-17)24-15(29)6-5-7-27-11-22-18-16(27)19(30)26(4)20(31)25(18)3/h8-12H,5-7H2,1-4H3,(H,24,29). The first-order valence-corrected chi connectivity index (χ1v) is 10.0. The predicted octanol–water partition coefficient (Wildman–Crippen LogP) is 1.18. The normalized spacial score (nSPS) is 11.6. The zero-order chi connectivity index (χ0) is 22.3. The summed E-state index contributed by atoms with van der Waals surface area (Å²) in [5.74, 6) is -0.151. The van der Waals surface area contributed by atoms with Crippen LogP contribution in [0.4, 0.5) is 5.69 Å². The molecule has 31 heavy (non-hydrogen) atoms. The van der Waals surface area contributed by atoms with Crippen molar-refractivity contribution in [2.24, 2.45) is 14.1 Å². The van der Waals surface area contributed by atoms with Crippen LogP contribution < -0.4 is 16.6 Å². The molecule has 162 valence electrons. The molecule has 0 aliphatic carbocycles. The number of pyridine rings is 1. The molecule has 0 spiro atoms. The van der Waals surface area contributed by atoms with Crippen molar-refractivity contribution in [1.82, 2.24) is 33.4 Å². The Kier molecular flexibility index (Phi) is 5.17. The third-order valence-corrected chi connectivity index (χ3v) is 5.23. The fraction of sp³-hybridized carbons (Fsp3) is 0.400. The number of amides is 1. The maximum absolute atomic E-state index is 12.5. The van der Waals surface area contributed by atoms with Gasteiger partial charge in [0.05, 0.1) is 24.4 Å². The second-order valence-corrected chi connectivity index (χ2v) is 7.79. The first-order valence-electron chi connectivity index (χ1n) is 10.0. The van der Waals surface area contributed by atoms with Gasteiger partial charge in [0.15, 0.2) is 16.8 Å². The highest BCUT2D eigenvalue weighted by Gasteiger charge is 2.14. The lowest BCUT2D eigenvalue weighted by Crippen LogP contribution is -2.37. The van der Waals surface area contributed by atoms with Gasteiger partial charge < -0.3 is 9.88 Å². The smallest absolute Gasteiger partial charge is 0.325 e. The van der Waals surface area contributed by atoms with Crippen LogP contribution in [0.5, 0.6) is 0 Å². The van der Waals surface area contributed by atoms with Crippen LogP contribution in [-0.2, 0) is 25.4 Å². The maximum Gasteiger partial charge on any atom is 0.332 e. The summed E-state index contributed by atoms with van der Waals surface area (Å²) >= 11 is 0. The molecule has 0 aliphatic heterocycles. The summed E-state index contributed by atoms with van der Waals surface area (Å²) in [5.41, 5.74) is 1.24. The number of fused-ring (bicyclic) bond motifs is 2. The minimum Gasteiger partial charge on any atom is -0.325 e. The SMILES string of the molecule is CC(C)n1ncc2cc(NC(=O)CCCn3cnc4c3c(=O)n(C)c(=O)n4C)cnc21. The molecule has 4 rings (SSSR count). The average Bonchev–Trinajstić information content (AvgIpc) is 3.35. The molecule has 0 aliphatic rings. The summed E-state index contributed by atoms with van der Waals surface area (Å²) in [5, 5.41) is 8.04. The Morgan fingerprint density at radius 3 is 2.61 bits per heavy atom. The van der Waals surface area contributed by atoms with Gasteiger partial charge in [-0.25, -0.2) is 19.4 Å². The number of carbonyl (C=O) groups is 1. The van der Waals surface area contributed by atoms with Crippen molar-refractivity contribution in [1.29, 1.82) is 0 Å². The summed E-state index contributed by atoms with van der Waals surface area (Å²) in [6.07, 6.45) is 5.64. The van der Waals surface area contributed by atoms with E-state index in [1.54, 1.807) is 24.0 Å². The Bertz CT molecular complexity index is 1410. The molecule has 0 saturated carbocycles. The first-order chi connectivity index (χ1) is 14.8. The van der Waals surface area contributed by atoms with Gasteiger partial charge in [0.2, 0.25) is 5.91 Å². The molecule has 0 unspecified atom stereocenters. The van der Waals surface area contributed by atoms with E-state index in [-0.39, 0.29) is 18.4 Å². The van der Waals surface area contributed by atoms with Crippen LogP contribution in [0.15, 0.2) is 34.4 Å². The van der Waals surface area contributed by atoms with Crippen LogP contribution >= 0.6 is 0 Å². The molecule has 0 bridgehead atoms. The van der Waals surface area contributed by atoms with Gasteiger partial charge in [0.25, 0.3) is 5.56 Å². The number of rotatable bonds is 6. The third kappa shape index (κ3) is 3.62. The molecule has 0 fully saturated rings. The Morgan fingerprint density at radius 1 is 1.10 bits per heavy atom. The van der Waals surface area contributed by atoms with Gasteiger partial charge in [-0.05, 0) is 26.3 Å². The molecule has 11 nitrogen and oxygen atoms in total. The van der Waals surface area contributed by atoms with E-state index in [2.05, 4.69) is 20.4 Å². The number of hydrogen-bond donors (Lipinski definition) is 1. The Hall–Kier alpha value is -3.76. The zero-order valence-electron chi connectivity index (χ0n) is 17.9. The van der Waals surface area contributed by atoms with Gasteiger partial charge in [-0.1, -0.05) is 0 Å². The molecule has 0 aromatic carbocycles. The summed E-state index contributed by atoms with van der Waals surface area (Å²) in [7, 11) is 3.01. The molecular weight excluding hydrogens is 400 g/mol. The number of aromatic nitrogens is 7. The number of anilines is 1. The minimum absolute atomic E-state index is 0.151. The van der Waals surface area contributed by atoms with Crippen LogP contribution in [0.25, 0.3) is 22.2 Å². The highest BCUT2D eigenvalue weighted by atomic mass is 16.2. The van der Waals surface area contributed by atoms with E-state index in [4.69, 9.17) is 0 Å². The monoisotopic (exact) mass is 424 g/mol. The second-order valence-electron chi connectivity index (χ2n) is 7.79. The van der Waals surface area contributed by atoms with Gasteiger partial charge >= 0.3 is 5.69 Å². The highest BCUT2D eigenvalue weighted by Crippen LogP contribution is 2.19. The van der Waals surface area contributed by atoms with Crippen molar-refractivity contribution in [2.45, 2.75) is 39.3 Å².